The van der Waals surface area contributed by atoms with Gasteiger partial charge in [0.25, 0.3) is 0 Å². The van der Waals surface area contributed by atoms with Gasteiger partial charge in [0, 0.05) is 121 Å². The fourth-order valence-electron chi connectivity index (χ4n) is 10.0. The van der Waals surface area contributed by atoms with E-state index in [1.807, 2.05) is 13.8 Å². The molecule has 0 bridgehead atoms. The molecular weight excluding hydrogens is 1240 g/mol. The fourth-order valence-corrected chi connectivity index (χ4v) is 10.0. The van der Waals surface area contributed by atoms with Gasteiger partial charge in [-0.3, -0.25) is 81.5 Å². The van der Waals surface area contributed by atoms with Gasteiger partial charge >= 0.3 is 0 Å². The summed E-state index contributed by atoms with van der Waals surface area (Å²) in [4.78, 5) is 235. The first kappa shape index (κ1) is 82.5. The number of Topliss-reactive ketones (excluding diaryl/α,β-unsaturated/α-hetero) is 2. The van der Waals surface area contributed by atoms with E-state index in [0.29, 0.717) is 45.2 Å². The van der Waals surface area contributed by atoms with Gasteiger partial charge in [-0.1, -0.05) is 41.5 Å². The number of carbonyl (C=O) groups is 17. The van der Waals surface area contributed by atoms with E-state index >= 15 is 0 Å². The molecular formula is C63H105N15O17. The molecule has 2 rings (SSSR count). The number of hydrogen-bond donors (Lipinski definition) is 3. The maximum atomic E-state index is 14.1. The lowest BCUT2D eigenvalue weighted by Crippen LogP contribution is -2.57. The minimum atomic E-state index is -1.15. The number of amides is 15. The van der Waals surface area contributed by atoms with E-state index in [4.69, 9.17) is 0 Å². The van der Waals surface area contributed by atoms with Gasteiger partial charge in [-0.05, 0) is 51.4 Å². The zero-order valence-electron chi connectivity index (χ0n) is 58.9. The third-order valence-corrected chi connectivity index (χ3v) is 16.5. The molecule has 0 aromatic rings. The summed E-state index contributed by atoms with van der Waals surface area (Å²) < 4.78 is 0. The van der Waals surface area contributed by atoms with Gasteiger partial charge in [-0.2, -0.15) is 0 Å². The van der Waals surface area contributed by atoms with E-state index in [0.717, 1.165) is 49.0 Å². The Morgan fingerprint density at radius 1 is 0.389 bits per heavy atom. The Morgan fingerprint density at radius 2 is 0.737 bits per heavy atom. The molecule has 3 N–H and O–H groups in total. The van der Waals surface area contributed by atoms with Crippen molar-refractivity contribution in [2.24, 2.45) is 17.8 Å². The molecule has 0 aromatic carbocycles. The lowest BCUT2D eigenvalue weighted by atomic mass is 9.99. The van der Waals surface area contributed by atoms with Crippen molar-refractivity contribution in [3.63, 3.8) is 0 Å². The van der Waals surface area contributed by atoms with Crippen LogP contribution in [0.15, 0.2) is 0 Å². The molecule has 0 unspecified atom stereocenters. The normalized spacial score (nSPS) is 14.8. The second kappa shape index (κ2) is 39.3. The van der Waals surface area contributed by atoms with Crippen LogP contribution in [-0.4, -0.2) is 339 Å². The van der Waals surface area contributed by atoms with Crippen molar-refractivity contribution in [3.05, 3.63) is 0 Å². The third kappa shape index (κ3) is 27.3. The molecule has 2 fully saturated rings. The third-order valence-electron chi connectivity index (χ3n) is 16.5. The van der Waals surface area contributed by atoms with Crippen LogP contribution in [-0.2, 0) is 81.5 Å². The van der Waals surface area contributed by atoms with Crippen molar-refractivity contribution in [2.45, 2.75) is 130 Å². The maximum Gasteiger partial charge on any atom is 0.245 e. The average Bonchev–Trinajstić information content (AvgIpc) is 1.68. The van der Waals surface area contributed by atoms with Crippen molar-refractivity contribution < 1.29 is 81.5 Å². The standard InChI is InChI=1S/C63H105N15O17/c1-40(2)29-44(62(94)78-28-20-22-46(78)63(95)77-27-19-21-45(77)60(92)42(5)6)66-61(93)43(7)65-49(81)30-67(8)51(83)32-69(10)53(85)34-71(12)55(87)36-73(14)57(89)38-75(16)59(91)39-76(17)58(90)37-74(15)56(88)35-72(13)54(86)33-70(11)52(84)31-68(9)50(82)25-26-64-48(80)24-18-23-47(79)41(3)4/h40-46H,18-39H2,1-17H3,(H,64,80)(H,65,81)(H,66,93)/t43-,44-,45-,46-/m1/s1. The first-order valence-corrected chi connectivity index (χ1v) is 32.1. The molecule has 2 aliphatic heterocycles. The number of rotatable bonds is 37. The van der Waals surface area contributed by atoms with Crippen molar-refractivity contribution in [1.29, 1.82) is 0 Å². The summed E-state index contributed by atoms with van der Waals surface area (Å²) in [5, 5.41) is 7.90. The molecule has 32 nitrogen and oxygen atoms in total. The monoisotopic (exact) mass is 1340 g/mol. The van der Waals surface area contributed by atoms with Crippen LogP contribution in [0.1, 0.15) is 106 Å². The fraction of sp³-hybridized carbons (Fsp3) is 0.730. The minimum absolute atomic E-state index is 0.0221. The van der Waals surface area contributed by atoms with E-state index in [-0.39, 0.29) is 79.9 Å². The molecule has 0 radical (unpaired) electrons. The van der Waals surface area contributed by atoms with Crippen LogP contribution in [0, 0.1) is 17.8 Å². The number of nitrogens with zero attached hydrogens (tertiary/aromatic N) is 12. The van der Waals surface area contributed by atoms with Gasteiger partial charge < -0.3 is 74.7 Å². The zero-order valence-corrected chi connectivity index (χ0v) is 58.9. The number of hydrogen-bond acceptors (Lipinski definition) is 17. The van der Waals surface area contributed by atoms with Gasteiger partial charge in [-0.25, -0.2) is 0 Å². The van der Waals surface area contributed by atoms with E-state index < -0.39 is 160 Å². The zero-order chi connectivity index (χ0) is 72.5. The summed E-state index contributed by atoms with van der Waals surface area (Å²) in [6.07, 6.45) is 3.20. The van der Waals surface area contributed by atoms with Gasteiger partial charge in [-0.15, -0.1) is 0 Å². The van der Waals surface area contributed by atoms with E-state index in [1.54, 1.807) is 32.6 Å². The molecule has 0 spiro atoms. The van der Waals surface area contributed by atoms with Crippen LogP contribution in [0.3, 0.4) is 0 Å². The van der Waals surface area contributed by atoms with Crippen LogP contribution in [0.25, 0.3) is 0 Å². The molecule has 4 atom stereocenters. The molecule has 95 heavy (non-hydrogen) atoms. The summed E-state index contributed by atoms with van der Waals surface area (Å²) in [5.41, 5.74) is 0. The molecule has 32 heteroatoms. The van der Waals surface area contributed by atoms with Crippen LogP contribution in [0.5, 0.6) is 0 Å². The Balaban J connectivity index is 1.79. The lowest BCUT2D eigenvalue weighted by molar-refractivity contribution is -0.148. The lowest BCUT2D eigenvalue weighted by Gasteiger charge is -2.34. The number of carbonyl (C=O) groups excluding carboxylic acids is 17. The molecule has 0 aromatic heterocycles. The summed E-state index contributed by atoms with van der Waals surface area (Å²) in [6, 6.07) is -3.49. The Labute approximate surface area is 558 Å². The average molecular weight is 1340 g/mol. The van der Waals surface area contributed by atoms with Gasteiger partial charge in [0.15, 0.2) is 5.78 Å². The molecule has 15 amide bonds. The topological polar surface area (TPSA) is 365 Å². The van der Waals surface area contributed by atoms with E-state index in [9.17, 15) is 81.5 Å². The van der Waals surface area contributed by atoms with Crippen LogP contribution in [0.4, 0.5) is 0 Å². The van der Waals surface area contributed by atoms with Crippen LogP contribution < -0.4 is 16.0 Å². The molecule has 2 saturated heterocycles. The second-order valence-corrected chi connectivity index (χ2v) is 26.0. The Bertz CT molecular complexity index is 2810. The number of likely N-dealkylation sites (tertiary alicyclic amines) is 2. The highest BCUT2D eigenvalue weighted by Gasteiger charge is 2.44. The minimum Gasteiger partial charge on any atom is -0.356 e. The highest BCUT2D eigenvalue weighted by Crippen LogP contribution is 2.28. The van der Waals surface area contributed by atoms with Crippen molar-refractivity contribution >= 4 is 100 Å². The second-order valence-electron chi connectivity index (χ2n) is 26.0. The summed E-state index contributed by atoms with van der Waals surface area (Å²) in [7, 11) is 13.2. The first-order chi connectivity index (χ1) is 44.2. The highest BCUT2D eigenvalue weighted by atomic mass is 16.2. The van der Waals surface area contributed by atoms with E-state index in [1.165, 1.54) is 82.3 Å². The molecule has 2 aliphatic rings. The quantitative estimate of drug-likeness (QED) is 0.0549. The number of ketones is 2. The Kier molecular flexibility index (Phi) is 34.1. The predicted octanol–water partition coefficient (Wildman–Crippen LogP) is -3.29. The maximum absolute atomic E-state index is 14.1. The molecule has 534 valence electrons. The number of nitrogens with one attached hydrogen (secondary N) is 3. The Morgan fingerprint density at radius 3 is 1.09 bits per heavy atom. The van der Waals surface area contributed by atoms with Gasteiger partial charge in [0.1, 0.15) is 23.9 Å². The van der Waals surface area contributed by atoms with Crippen molar-refractivity contribution in [2.75, 3.05) is 156 Å². The largest absolute Gasteiger partial charge is 0.356 e. The smallest absolute Gasteiger partial charge is 0.245 e. The van der Waals surface area contributed by atoms with Gasteiger partial charge in [0.2, 0.25) is 88.6 Å². The molecule has 2 heterocycles. The van der Waals surface area contributed by atoms with Crippen molar-refractivity contribution in [1.82, 2.24) is 74.7 Å². The van der Waals surface area contributed by atoms with Crippen LogP contribution in [0.2, 0.25) is 0 Å². The summed E-state index contributed by atoms with van der Waals surface area (Å²) in [6.45, 7) is 8.24. The molecule has 0 aliphatic carbocycles. The van der Waals surface area contributed by atoms with Crippen molar-refractivity contribution in [3.8, 4) is 0 Å². The predicted molar refractivity (Wildman–Crippen MR) is 346 cm³/mol. The van der Waals surface area contributed by atoms with Crippen LogP contribution >= 0.6 is 0 Å². The summed E-state index contributed by atoms with van der Waals surface area (Å²) in [5.74, 6) is -9.09. The van der Waals surface area contributed by atoms with E-state index in [2.05, 4.69) is 16.0 Å². The van der Waals surface area contributed by atoms with Gasteiger partial charge in [0.05, 0.1) is 71.5 Å². The molecule has 0 saturated carbocycles. The SMILES string of the molecule is CC(C)C[C@@H](NC(=O)[C@@H](C)NC(=O)CN(C)C(=O)CN(C)C(=O)CN(C)C(=O)CN(C)C(=O)CN(C)C(=O)CN(C)C(=O)CN(C)C(=O)CN(C)C(=O)CN(C)C(=O)CN(C)C(=O)CCNC(=O)CCCC(=O)C(C)C)C(=O)N1CCC[C@@H]1C(=O)N1CCC[C@@H]1C(=O)C(C)C. The summed E-state index contributed by atoms with van der Waals surface area (Å²) >= 11 is 0. The first-order valence-electron chi connectivity index (χ1n) is 32.1. The highest BCUT2D eigenvalue weighted by molar-refractivity contribution is 5.98. The Hall–Kier alpha value is -8.61. The number of likely N-dealkylation sites (N-methyl/N-ethyl adjacent to an activating group) is 10.